The first kappa shape index (κ1) is 17.0. The summed E-state index contributed by atoms with van der Waals surface area (Å²) in [7, 11) is 0. The van der Waals surface area contributed by atoms with Gasteiger partial charge in [-0.05, 0) is 29.7 Å². The van der Waals surface area contributed by atoms with Crippen molar-refractivity contribution in [3.8, 4) is 11.1 Å². The molecule has 7 heteroatoms. The van der Waals surface area contributed by atoms with E-state index in [2.05, 4.69) is 27.1 Å². The van der Waals surface area contributed by atoms with Crippen LogP contribution in [0.1, 0.15) is 16.8 Å². The Balaban J connectivity index is 1.80. The van der Waals surface area contributed by atoms with Crippen molar-refractivity contribution in [2.45, 2.75) is 20.1 Å². The summed E-state index contributed by atoms with van der Waals surface area (Å²) in [5.41, 5.74) is 12.1. The minimum Gasteiger partial charge on any atom is -0.392 e. The van der Waals surface area contributed by atoms with Crippen molar-refractivity contribution in [3.05, 3.63) is 47.4 Å². The molecule has 0 aliphatic carbocycles. The van der Waals surface area contributed by atoms with E-state index in [9.17, 15) is 5.11 Å². The number of nitrogens with zero attached hydrogens (tertiary/aromatic N) is 4. The molecule has 0 unspecified atom stereocenters. The van der Waals surface area contributed by atoms with Crippen molar-refractivity contribution in [2.24, 2.45) is 0 Å². The van der Waals surface area contributed by atoms with E-state index in [1.807, 2.05) is 23.6 Å². The Hall–Kier alpha value is -2.48. The summed E-state index contributed by atoms with van der Waals surface area (Å²) in [6.45, 7) is 6.16. The van der Waals surface area contributed by atoms with Gasteiger partial charge in [0.25, 0.3) is 0 Å². The lowest BCUT2D eigenvalue weighted by molar-refractivity contribution is 0.0334. The summed E-state index contributed by atoms with van der Waals surface area (Å²) in [5.74, 6) is 0.465. The van der Waals surface area contributed by atoms with Gasteiger partial charge in [-0.1, -0.05) is 18.2 Å². The number of aliphatic hydroxyl groups excluding tert-OH is 1. The van der Waals surface area contributed by atoms with E-state index < -0.39 is 0 Å². The van der Waals surface area contributed by atoms with E-state index in [1.165, 1.54) is 6.33 Å². The minimum absolute atomic E-state index is 0.0379. The van der Waals surface area contributed by atoms with Crippen LogP contribution >= 0.6 is 0 Å². The summed E-state index contributed by atoms with van der Waals surface area (Å²) in [4.78, 5) is 6.54. The molecule has 7 nitrogen and oxygen atoms in total. The molecule has 3 heterocycles. The predicted octanol–water partition coefficient (Wildman–Crippen LogP) is 1.61. The van der Waals surface area contributed by atoms with Crippen LogP contribution in [0.2, 0.25) is 0 Å². The number of ether oxygens (including phenoxy) is 1. The zero-order chi connectivity index (χ0) is 18.1. The van der Waals surface area contributed by atoms with Crippen molar-refractivity contribution < 1.29 is 9.84 Å². The zero-order valence-electron chi connectivity index (χ0n) is 14.9. The number of nitrogen functional groups attached to an aromatic ring is 1. The second-order valence-electron chi connectivity index (χ2n) is 6.64. The Labute approximate surface area is 152 Å². The number of aryl methyl sites for hydroxylation is 1. The summed E-state index contributed by atoms with van der Waals surface area (Å²) in [5, 5.41) is 13.9. The van der Waals surface area contributed by atoms with Gasteiger partial charge in [-0.2, -0.15) is 5.10 Å². The third-order valence-corrected chi connectivity index (χ3v) is 4.97. The third kappa shape index (κ3) is 3.05. The number of rotatable bonds is 4. The number of aromatic nitrogens is 3. The molecular weight excluding hydrogens is 330 g/mol. The topological polar surface area (TPSA) is 88.9 Å². The molecule has 1 aliphatic rings. The molecule has 0 amide bonds. The highest BCUT2D eigenvalue weighted by Gasteiger charge is 2.19. The van der Waals surface area contributed by atoms with Crippen LogP contribution in [-0.2, 0) is 17.9 Å². The molecular formula is C19H23N5O2. The highest BCUT2D eigenvalue weighted by Crippen LogP contribution is 2.32. The molecule has 1 aromatic carbocycles. The van der Waals surface area contributed by atoms with Crippen molar-refractivity contribution in [1.82, 2.24) is 19.5 Å². The summed E-state index contributed by atoms with van der Waals surface area (Å²) < 4.78 is 7.33. The Morgan fingerprint density at radius 3 is 2.77 bits per heavy atom. The van der Waals surface area contributed by atoms with Crippen molar-refractivity contribution in [2.75, 3.05) is 32.0 Å². The fourth-order valence-corrected chi connectivity index (χ4v) is 3.49. The summed E-state index contributed by atoms with van der Waals surface area (Å²) in [6.07, 6.45) is 1.50. The number of morpholine rings is 1. The number of fused-ring (bicyclic) bond motifs is 1. The van der Waals surface area contributed by atoms with E-state index in [-0.39, 0.29) is 6.61 Å². The van der Waals surface area contributed by atoms with Gasteiger partial charge in [-0.15, -0.1) is 0 Å². The van der Waals surface area contributed by atoms with E-state index >= 15 is 0 Å². The number of hydrogen-bond acceptors (Lipinski definition) is 6. The van der Waals surface area contributed by atoms with E-state index in [1.54, 1.807) is 0 Å². The first-order chi connectivity index (χ1) is 12.7. The molecule has 3 aromatic rings. The quantitative estimate of drug-likeness (QED) is 0.741. The molecule has 0 spiro atoms. The van der Waals surface area contributed by atoms with Crippen molar-refractivity contribution in [3.63, 3.8) is 0 Å². The lowest BCUT2D eigenvalue weighted by atomic mass is 10.0. The van der Waals surface area contributed by atoms with Gasteiger partial charge < -0.3 is 15.6 Å². The maximum atomic E-state index is 9.42. The number of aliphatic hydroxyl groups is 1. The van der Waals surface area contributed by atoms with Gasteiger partial charge in [0.05, 0.1) is 25.5 Å². The largest absolute Gasteiger partial charge is 0.392 e. The van der Waals surface area contributed by atoms with Gasteiger partial charge in [0.15, 0.2) is 5.82 Å². The van der Waals surface area contributed by atoms with Gasteiger partial charge >= 0.3 is 0 Å². The van der Waals surface area contributed by atoms with Crippen molar-refractivity contribution in [1.29, 1.82) is 0 Å². The molecule has 2 aromatic heterocycles. The molecule has 3 N–H and O–H groups in total. The van der Waals surface area contributed by atoms with Gasteiger partial charge in [-0.25, -0.2) is 9.50 Å². The van der Waals surface area contributed by atoms with E-state index in [4.69, 9.17) is 10.5 Å². The maximum Gasteiger partial charge on any atom is 0.151 e. The average Bonchev–Trinajstić information content (AvgIpc) is 3.02. The lowest BCUT2D eigenvalue weighted by Gasteiger charge is -2.26. The third-order valence-electron chi connectivity index (χ3n) is 4.97. The molecule has 136 valence electrons. The first-order valence-electron chi connectivity index (χ1n) is 8.79. The monoisotopic (exact) mass is 353 g/mol. The fraction of sp³-hybridized carbons (Fsp3) is 0.368. The second kappa shape index (κ2) is 7.03. The summed E-state index contributed by atoms with van der Waals surface area (Å²) in [6, 6.07) is 8.18. The Bertz CT molecular complexity index is 931. The Kier molecular flexibility index (Phi) is 4.58. The van der Waals surface area contributed by atoms with Crippen LogP contribution in [-0.4, -0.2) is 50.9 Å². The van der Waals surface area contributed by atoms with Crippen LogP contribution in [0.3, 0.4) is 0 Å². The van der Waals surface area contributed by atoms with Crippen LogP contribution in [0.15, 0.2) is 30.6 Å². The van der Waals surface area contributed by atoms with Crippen LogP contribution < -0.4 is 5.73 Å². The number of benzene rings is 1. The number of anilines is 1. The fourth-order valence-electron chi connectivity index (χ4n) is 3.49. The van der Waals surface area contributed by atoms with Crippen LogP contribution in [0.25, 0.3) is 16.6 Å². The van der Waals surface area contributed by atoms with Crippen LogP contribution in [0.5, 0.6) is 0 Å². The summed E-state index contributed by atoms with van der Waals surface area (Å²) >= 11 is 0. The standard InChI is InChI=1S/C19H23N5O2/c1-13-8-14(2-3-15(13)11-25)17-9-16(10-23-4-6-26-7-5-23)24-18(17)19(20)21-12-22-24/h2-3,8-9,12,25H,4-7,10-11H2,1H3,(H2,20,21,22). The van der Waals surface area contributed by atoms with Gasteiger partial charge in [0.1, 0.15) is 11.8 Å². The SMILES string of the molecule is Cc1cc(-c2cc(CN3CCOCC3)n3ncnc(N)c23)ccc1CO. The molecule has 0 radical (unpaired) electrons. The van der Waals surface area contributed by atoms with E-state index in [0.717, 1.165) is 66.3 Å². The Morgan fingerprint density at radius 1 is 1.23 bits per heavy atom. The van der Waals surface area contributed by atoms with Crippen molar-refractivity contribution >= 4 is 11.3 Å². The normalized spacial score (nSPS) is 15.6. The molecule has 1 saturated heterocycles. The molecule has 26 heavy (non-hydrogen) atoms. The second-order valence-corrected chi connectivity index (χ2v) is 6.64. The highest BCUT2D eigenvalue weighted by atomic mass is 16.5. The smallest absolute Gasteiger partial charge is 0.151 e. The Morgan fingerprint density at radius 2 is 2.04 bits per heavy atom. The molecule has 1 fully saturated rings. The van der Waals surface area contributed by atoms with Gasteiger partial charge in [0, 0.05) is 25.2 Å². The molecule has 0 saturated carbocycles. The van der Waals surface area contributed by atoms with Crippen LogP contribution in [0.4, 0.5) is 5.82 Å². The maximum absolute atomic E-state index is 9.42. The zero-order valence-corrected chi connectivity index (χ0v) is 14.9. The van der Waals surface area contributed by atoms with E-state index in [0.29, 0.717) is 5.82 Å². The lowest BCUT2D eigenvalue weighted by Crippen LogP contribution is -2.36. The average molecular weight is 353 g/mol. The van der Waals surface area contributed by atoms with Crippen LogP contribution in [0, 0.1) is 6.92 Å². The molecule has 1 aliphatic heterocycles. The number of nitrogens with two attached hydrogens (primary N) is 1. The molecule has 0 atom stereocenters. The highest BCUT2D eigenvalue weighted by molar-refractivity contribution is 5.88. The van der Waals surface area contributed by atoms with Gasteiger partial charge in [-0.3, -0.25) is 4.90 Å². The first-order valence-corrected chi connectivity index (χ1v) is 8.79. The molecule has 4 rings (SSSR count). The predicted molar refractivity (Wildman–Crippen MR) is 99.6 cm³/mol. The molecule has 0 bridgehead atoms. The number of hydrogen-bond donors (Lipinski definition) is 2. The van der Waals surface area contributed by atoms with Gasteiger partial charge in [0.2, 0.25) is 0 Å². The minimum atomic E-state index is 0.0379.